The summed E-state index contributed by atoms with van der Waals surface area (Å²) < 4.78 is 1.87. The van der Waals surface area contributed by atoms with Crippen molar-refractivity contribution in [1.29, 1.82) is 0 Å². The fraction of sp³-hybridized carbons (Fsp3) is 0.464. The van der Waals surface area contributed by atoms with Gasteiger partial charge in [0.25, 0.3) is 5.91 Å². The maximum atomic E-state index is 13.6. The zero-order chi connectivity index (χ0) is 25.1. The number of hydrogen-bond donors (Lipinski definition) is 1. The monoisotopic (exact) mass is 474 g/mol. The van der Waals surface area contributed by atoms with Gasteiger partial charge in [0.1, 0.15) is 0 Å². The number of amides is 1. The Morgan fingerprint density at radius 3 is 2.63 bits per heavy atom. The van der Waals surface area contributed by atoms with Crippen LogP contribution in [0.15, 0.2) is 54.2 Å². The maximum absolute atomic E-state index is 13.6. The summed E-state index contributed by atoms with van der Waals surface area (Å²) in [5.74, 6) is -0.0648. The van der Waals surface area contributed by atoms with Crippen LogP contribution in [0.5, 0.6) is 0 Å². The molecule has 1 N–H and O–H groups in total. The molecular weight excluding hydrogens is 436 g/mol. The zero-order valence-electron chi connectivity index (χ0n) is 21.9. The molecule has 4 heterocycles. The predicted octanol–water partition coefficient (Wildman–Crippen LogP) is 4.61. The second kappa shape index (κ2) is 10.6. The number of nitrogens with one attached hydrogen (secondary N) is 1. The minimum absolute atomic E-state index is 0.0648. The molecular formula is C28H38N6O. The van der Waals surface area contributed by atoms with E-state index in [0.29, 0.717) is 12.1 Å². The Labute approximate surface area is 208 Å². The van der Waals surface area contributed by atoms with Crippen LogP contribution in [0, 0.1) is 6.92 Å². The van der Waals surface area contributed by atoms with E-state index in [2.05, 4.69) is 61.1 Å². The van der Waals surface area contributed by atoms with Gasteiger partial charge in [-0.15, -0.1) is 0 Å². The number of rotatable bonds is 6. The fourth-order valence-electron chi connectivity index (χ4n) is 4.84. The number of nitrogens with zero attached hydrogens (tertiary/aromatic N) is 5. The minimum atomic E-state index is -0.0648. The third-order valence-electron chi connectivity index (χ3n) is 6.50. The van der Waals surface area contributed by atoms with Crippen molar-refractivity contribution in [2.45, 2.75) is 72.9 Å². The van der Waals surface area contributed by atoms with Crippen LogP contribution in [0.3, 0.4) is 0 Å². The fourth-order valence-corrected chi connectivity index (χ4v) is 4.84. The third kappa shape index (κ3) is 5.56. The second-order valence-corrected chi connectivity index (χ2v) is 9.76. The molecule has 7 heteroatoms. The highest BCUT2D eigenvalue weighted by Gasteiger charge is 2.25. The van der Waals surface area contributed by atoms with Gasteiger partial charge in [-0.25, -0.2) is 4.52 Å². The average Bonchev–Trinajstić information content (AvgIpc) is 3.25. The summed E-state index contributed by atoms with van der Waals surface area (Å²) >= 11 is 0. The van der Waals surface area contributed by atoms with Gasteiger partial charge in [-0.05, 0) is 64.3 Å². The normalized spacial score (nSPS) is 22.3. The molecule has 2 aliphatic rings. The number of piperazine rings is 1. The van der Waals surface area contributed by atoms with Gasteiger partial charge >= 0.3 is 0 Å². The van der Waals surface area contributed by atoms with E-state index in [0.717, 1.165) is 71.9 Å². The van der Waals surface area contributed by atoms with E-state index in [-0.39, 0.29) is 5.91 Å². The van der Waals surface area contributed by atoms with Gasteiger partial charge in [0, 0.05) is 43.1 Å². The second-order valence-electron chi connectivity index (χ2n) is 9.76. The minimum Gasteiger partial charge on any atom is -0.367 e. The highest BCUT2D eigenvalue weighted by atomic mass is 16.2. The number of aryl methyl sites for hydroxylation is 2. The van der Waals surface area contributed by atoms with Crippen molar-refractivity contribution >= 4 is 17.0 Å². The van der Waals surface area contributed by atoms with Crippen LogP contribution >= 0.6 is 0 Å². The molecule has 2 unspecified atom stereocenters. The van der Waals surface area contributed by atoms with Gasteiger partial charge < -0.3 is 10.2 Å². The first kappa shape index (κ1) is 24.9. The molecule has 1 saturated heterocycles. The van der Waals surface area contributed by atoms with E-state index in [1.54, 1.807) is 11.0 Å². The SMILES string of the molecule is CCCC=C1C=CC(N2CC(C)NC(C)C2)=CN1C(=O)C=C(C)c1cc2c(CC)nc(C)cn2n1. The molecule has 2 aromatic rings. The van der Waals surface area contributed by atoms with E-state index in [4.69, 9.17) is 5.10 Å². The zero-order valence-corrected chi connectivity index (χ0v) is 21.9. The highest BCUT2D eigenvalue weighted by Crippen LogP contribution is 2.24. The van der Waals surface area contributed by atoms with Crippen molar-refractivity contribution in [2.75, 3.05) is 13.1 Å². The Kier molecular flexibility index (Phi) is 7.55. The van der Waals surface area contributed by atoms with Crippen LogP contribution in [0.25, 0.3) is 11.1 Å². The van der Waals surface area contributed by atoms with Gasteiger partial charge in [0.05, 0.1) is 34.5 Å². The number of aromatic nitrogens is 3. The van der Waals surface area contributed by atoms with Crippen molar-refractivity contribution < 1.29 is 4.79 Å². The van der Waals surface area contributed by atoms with E-state index in [1.807, 2.05) is 36.8 Å². The van der Waals surface area contributed by atoms with Crippen molar-refractivity contribution in [1.82, 2.24) is 29.7 Å². The maximum Gasteiger partial charge on any atom is 0.255 e. The molecule has 35 heavy (non-hydrogen) atoms. The average molecular weight is 475 g/mol. The molecule has 0 saturated carbocycles. The number of hydrogen-bond acceptors (Lipinski definition) is 5. The van der Waals surface area contributed by atoms with Gasteiger partial charge in [-0.3, -0.25) is 14.7 Å². The predicted molar refractivity (Wildman–Crippen MR) is 141 cm³/mol. The first-order valence-corrected chi connectivity index (χ1v) is 12.8. The third-order valence-corrected chi connectivity index (χ3v) is 6.50. The van der Waals surface area contributed by atoms with Crippen LogP contribution in [0.4, 0.5) is 0 Å². The Hall–Kier alpha value is -3.19. The van der Waals surface area contributed by atoms with E-state index >= 15 is 0 Å². The molecule has 186 valence electrons. The molecule has 2 atom stereocenters. The summed E-state index contributed by atoms with van der Waals surface area (Å²) in [6, 6.07) is 2.83. The van der Waals surface area contributed by atoms with Crippen LogP contribution in [0.2, 0.25) is 0 Å². The lowest BCUT2D eigenvalue weighted by Crippen LogP contribution is -2.53. The number of allylic oxidation sites excluding steroid dienone is 4. The smallest absolute Gasteiger partial charge is 0.255 e. The summed E-state index contributed by atoms with van der Waals surface area (Å²) in [5.41, 5.74) is 6.55. The topological polar surface area (TPSA) is 65.8 Å². The number of unbranched alkanes of at least 4 members (excludes halogenated alkanes) is 1. The first-order valence-electron chi connectivity index (χ1n) is 12.8. The van der Waals surface area contributed by atoms with Crippen LogP contribution < -0.4 is 5.32 Å². The molecule has 0 aromatic carbocycles. The van der Waals surface area contributed by atoms with Crippen molar-refractivity contribution in [3.63, 3.8) is 0 Å². The van der Waals surface area contributed by atoms with Crippen molar-refractivity contribution in [3.8, 4) is 0 Å². The van der Waals surface area contributed by atoms with E-state index in [1.165, 1.54) is 0 Å². The first-order chi connectivity index (χ1) is 16.8. The summed E-state index contributed by atoms with van der Waals surface area (Å²) in [6.07, 6.45) is 14.8. The lowest BCUT2D eigenvalue weighted by atomic mass is 10.1. The summed E-state index contributed by atoms with van der Waals surface area (Å²) in [6.45, 7) is 14.4. The molecule has 0 bridgehead atoms. The molecule has 0 aliphatic carbocycles. The van der Waals surface area contributed by atoms with Crippen LogP contribution in [-0.4, -0.2) is 55.5 Å². The Balaban J connectivity index is 1.64. The Morgan fingerprint density at radius 2 is 1.94 bits per heavy atom. The van der Waals surface area contributed by atoms with Crippen LogP contribution in [-0.2, 0) is 11.2 Å². The quantitative estimate of drug-likeness (QED) is 0.620. The van der Waals surface area contributed by atoms with Crippen LogP contribution in [0.1, 0.15) is 64.5 Å². The molecule has 0 spiro atoms. The summed E-state index contributed by atoms with van der Waals surface area (Å²) in [7, 11) is 0. The standard InChI is InChI=1S/C28H38N6O/c1-7-9-10-23-11-12-24(32-15-20(4)29-21(5)16-32)18-33(23)28(35)13-19(3)26-14-27-25(8-2)30-22(6)17-34(27)31-26/h10-14,17-18,20-21,29H,7-9,15-16H2,1-6H3. The molecule has 7 nitrogen and oxygen atoms in total. The Morgan fingerprint density at radius 1 is 1.20 bits per heavy atom. The Bertz CT molecular complexity index is 1210. The van der Waals surface area contributed by atoms with E-state index in [9.17, 15) is 4.79 Å². The molecule has 2 aliphatic heterocycles. The lowest BCUT2D eigenvalue weighted by Gasteiger charge is -2.39. The number of carbonyl (C=O) groups is 1. The van der Waals surface area contributed by atoms with E-state index < -0.39 is 0 Å². The summed E-state index contributed by atoms with van der Waals surface area (Å²) in [4.78, 5) is 22.3. The van der Waals surface area contributed by atoms with Crippen molar-refractivity contribution in [2.24, 2.45) is 0 Å². The van der Waals surface area contributed by atoms with Crippen molar-refractivity contribution in [3.05, 3.63) is 71.2 Å². The van der Waals surface area contributed by atoms with Gasteiger partial charge in [0.2, 0.25) is 0 Å². The summed E-state index contributed by atoms with van der Waals surface area (Å²) in [5, 5.41) is 8.31. The molecule has 1 fully saturated rings. The molecule has 2 aromatic heterocycles. The lowest BCUT2D eigenvalue weighted by molar-refractivity contribution is -0.122. The largest absolute Gasteiger partial charge is 0.367 e. The number of carbonyl (C=O) groups excluding carboxylic acids is 1. The number of fused-ring (bicyclic) bond motifs is 1. The van der Waals surface area contributed by atoms with Gasteiger partial charge in [-0.1, -0.05) is 26.3 Å². The molecule has 1 amide bonds. The highest BCUT2D eigenvalue weighted by molar-refractivity contribution is 5.96. The molecule has 4 rings (SSSR count). The molecule has 0 radical (unpaired) electrons. The van der Waals surface area contributed by atoms with Gasteiger partial charge in [0.15, 0.2) is 0 Å². The van der Waals surface area contributed by atoms with Gasteiger partial charge in [-0.2, -0.15) is 5.10 Å².